The van der Waals surface area contributed by atoms with Gasteiger partial charge in [-0.2, -0.15) is 9.61 Å². The molecule has 32 heavy (non-hydrogen) atoms. The molecule has 4 rings (SSSR count). The Morgan fingerprint density at radius 2 is 1.84 bits per heavy atom. The summed E-state index contributed by atoms with van der Waals surface area (Å²) >= 11 is 1.18. The van der Waals surface area contributed by atoms with E-state index >= 15 is 0 Å². The number of hydrogen-bond acceptors (Lipinski definition) is 7. The SMILES string of the molecule is COc1ccc(-c2nn3c(SCC(=O)Nc4ccc(C(C)C)cc4)nnc3[nH]c2=O)cc1. The van der Waals surface area contributed by atoms with E-state index < -0.39 is 0 Å². The molecule has 0 radical (unpaired) electrons. The summed E-state index contributed by atoms with van der Waals surface area (Å²) in [5.74, 6) is 1.25. The van der Waals surface area contributed by atoms with Gasteiger partial charge in [0.1, 0.15) is 5.75 Å². The molecule has 0 atom stereocenters. The number of thioether (sulfide) groups is 1. The number of aromatic nitrogens is 5. The number of methoxy groups -OCH3 is 1. The zero-order valence-electron chi connectivity index (χ0n) is 17.8. The highest BCUT2D eigenvalue weighted by atomic mass is 32.2. The maximum atomic E-state index is 12.4. The Morgan fingerprint density at radius 1 is 1.12 bits per heavy atom. The largest absolute Gasteiger partial charge is 0.497 e. The van der Waals surface area contributed by atoms with Crippen molar-refractivity contribution in [1.29, 1.82) is 0 Å². The van der Waals surface area contributed by atoms with Crippen LogP contribution >= 0.6 is 11.8 Å². The van der Waals surface area contributed by atoms with Crippen LogP contribution in [0.3, 0.4) is 0 Å². The lowest BCUT2D eigenvalue weighted by atomic mass is 10.0. The molecule has 2 heterocycles. The molecular formula is C22H22N6O3S. The average Bonchev–Trinajstić information content (AvgIpc) is 3.19. The number of carbonyl (C=O) groups excluding carboxylic acids is 1. The minimum atomic E-state index is -0.380. The topological polar surface area (TPSA) is 114 Å². The molecule has 10 heteroatoms. The maximum Gasteiger partial charge on any atom is 0.279 e. The molecular weight excluding hydrogens is 428 g/mol. The van der Waals surface area contributed by atoms with Gasteiger partial charge in [-0.1, -0.05) is 37.7 Å². The predicted octanol–water partition coefficient (Wildman–Crippen LogP) is 3.34. The summed E-state index contributed by atoms with van der Waals surface area (Å²) < 4.78 is 6.58. The highest BCUT2D eigenvalue weighted by Crippen LogP contribution is 2.21. The Kier molecular flexibility index (Phi) is 6.22. The van der Waals surface area contributed by atoms with Gasteiger partial charge in [0.15, 0.2) is 5.69 Å². The predicted molar refractivity (Wildman–Crippen MR) is 123 cm³/mol. The maximum absolute atomic E-state index is 12.4. The number of amides is 1. The molecule has 2 aromatic carbocycles. The third-order valence-corrected chi connectivity index (χ3v) is 5.73. The lowest BCUT2D eigenvalue weighted by molar-refractivity contribution is -0.113. The van der Waals surface area contributed by atoms with Gasteiger partial charge in [-0.15, -0.1) is 10.2 Å². The molecule has 0 saturated heterocycles. The fourth-order valence-corrected chi connectivity index (χ4v) is 3.73. The van der Waals surface area contributed by atoms with Gasteiger partial charge in [0.25, 0.3) is 11.3 Å². The molecule has 0 fully saturated rings. The number of anilines is 1. The molecule has 164 valence electrons. The minimum Gasteiger partial charge on any atom is -0.497 e. The van der Waals surface area contributed by atoms with Crippen LogP contribution in [0.15, 0.2) is 58.5 Å². The van der Waals surface area contributed by atoms with Crippen LogP contribution in [-0.4, -0.2) is 43.6 Å². The van der Waals surface area contributed by atoms with E-state index in [4.69, 9.17) is 4.74 Å². The van der Waals surface area contributed by atoms with Crippen molar-refractivity contribution in [3.05, 3.63) is 64.4 Å². The quantitative estimate of drug-likeness (QED) is 0.415. The first-order valence-corrected chi connectivity index (χ1v) is 11.0. The summed E-state index contributed by atoms with van der Waals surface area (Å²) in [6, 6.07) is 14.8. The number of hydrogen-bond donors (Lipinski definition) is 2. The van der Waals surface area contributed by atoms with E-state index in [-0.39, 0.29) is 28.7 Å². The van der Waals surface area contributed by atoms with Gasteiger partial charge < -0.3 is 10.1 Å². The van der Waals surface area contributed by atoms with Gasteiger partial charge in [0, 0.05) is 11.3 Å². The molecule has 4 aromatic rings. The van der Waals surface area contributed by atoms with Crippen LogP contribution in [0, 0.1) is 0 Å². The summed E-state index contributed by atoms with van der Waals surface area (Å²) in [6.45, 7) is 4.24. The molecule has 1 amide bonds. The molecule has 0 saturated carbocycles. The van der Waals surface area contributed by atoms with Crippen LogP contribution in [0.25, 0.3) is 17.0 Å². The van der Waals surface area contributed by atoms with Crippen molar-refractivity contribution in [3.63, 3.8) is 0 Å². The first-order chi connectivity index (χ1) is 15.4. The summed E-state index contributed by atoms with van der Waals surface area (Å²) in [4.78, 5) is 27.5. The molecule has 0 aliphatic carbocycles. The first-order valence-electron chi connectivity index (χ1n) is 9.97. The van der Waals surface area contributed by atoms with Gasteiger partial charge in [0.2, 0.25) is 11.1 Å². The molecule has 2 aromatic heterocycles. The van der Waals surface area contributed by atoms with E-state index in [9.17, 15) is 9.59 Å². The number of benzene rings is 2. The molecule has 9 nitrogen and oxygen atoms in total. The Hall–Kier alpha value is -3.66. The van der Waals surface area contributed by atoms with E-state index in [2.05, 4.69) is 39.4 Å². The van der Waals surface area contributed by atoms with Crippen molar-refractivity contribution >= 4 is 29.1 Å². The van der Waals surface area contributed by atoms with Crippen LogP contribution in [0.2, 0.25) is 0 Å². The van der Waals surface area contributed by atoms with E-state index in [1.165, 1.54) is 21.8 Å². The first kappa shape index (κ1) is 21.6. The highest BCUT2D eigenvalue weighted by Gasteiger charge is 2.15. The molecule has 0 spiro atoms. The number of rotatable bonds is 7. The number of nitrogens with zero attached hydrogens (tertiary/aromatic N) is 4. The van der Waals surface area contributed by atoms with Crippen LogP contribution in [0.1, 0.15) is 25.3 Å². The van der Waals surface area contributed by atoms with Crippen molar-refractivity contribution in [3.8, 4) is 17.0 Å². The van der Waals surface area contributed by atoms with E-state index in [1.807, 2.05) is 24.3 Å². The van der Waals surface area contributed by atoms with Gasteiger partial charge in [-0.3, -0.25) is 14.6 Å². The zero-order valence-corrected chi connectivity index (χ0v) is 18.6. The van der Waals surface area contributed by atoms with Crippen LogP contribution < -0.4 is 15.6 Å². The summed E-state index contributed by atoms with van der Waals surface area (Å²) in [6.07, 6.45) is 0. The lowest BCUT2D eigenvalue weighted by Gasteiger charge is -2.08. The Labute approximate surface area is 188 Å². The number of fused-ring (bicyclic) bond motifs is 1. The summed E-state index contributed by atoms with van der Waals surface area (Å²) in [7, 11) is 1.57. The van der Waals surface area contributed by atoms with Crippen molar-refractivity contribution in [2.24, 2.45) is 0 Å². The molecule has 0 bridgehead atoms. The standard InChI is InChI=1S/C22H22N6O3S/c1-13(2)14-4-8-16(9-5-14)23-18(29)12-32-22-26-25-21-24-20(30)19(27-28(21)22)15-6-10-17(31-3)11-7-15/h4-11,13H,12H2,1-3H3,(H,23,29)(H,24,25,30). The normalized spacial score (nSPS) is 11.1. The van der Waals surface area contributed by atoms with E-state index in [0.717, 1.165) is 5.69 Å². The van der Waals surface area contributed by atoms with E-state index in [0.29, 0.717) is 22.4 Å². The lowest BCUT2D eigenvalue weighted by Crippen LogP contribution is -2.16. The van der Waals surface area contributed by atoms with Crippen molar-refractivity contribution in [1.82, 2.24) is 24.8 Å². The smallest absolute Gasteiger partial charge is 0.279 e. The van der Waals surface area contributed by atoms with Crippen LogP contribution in [0.4, 0.5) is 5.69 Å². The van der Waals surface area contributed by atoms with Crippen molar-refractivity contribution in [2.75, 3.05) is 18.2 Å². The zero-order chi connectivity index (χ0) is 22.7. The van der Waals surface area contributed by atoms with E-state index in [1.54, 1.807) is 31.4 Å². The number of aromatic amines is 1. The van der Waals surface area contributed by atoms with Gasteiger partial charge >= 0.3 is 0 Å². The van der Waals surface area contributed by atoms with Gasteiger partial charge in [-0.25, -0.2) is 0 Å². The second-order valence-electron chi connectivity index (χ2n) is 7.36. The molecule has 0 aliphatic heterocycles. The van der Waals surface area contributed by atoms with Crippen molar-refractivity contribution < 1.29 is 9.53 Å². The molecule has 2 N–H and O–H groups in total. The van der Waals surface area contributed by atoms with Gasteiger partial charge in [0.05, 0.1) is 12.9 Å². The second kappa shape index (κ2) is 9.23. The molecule has 0 unspecified atom stereocenters. The second-order valence-corrected chi connectivity index (χ2v) is 8.31. The summed E-state index contributed by atoms with van der Waals surface area (Å²) in [5.41, 5.74) is 2.40. The molecule has 0 aliphatic rings. The van der Waals surface area contributed by atoms with Crippen molar-refractivity contribution in [2.45, 2.75) is 24.9 Å². The number of carbonyl (C=O) groups is 1. The monoisotopic (exact) mass is 450 g/mol. The minimum absolute atomic E-state index is 0.116. The Balaban J connectivity index is 1.49. The Morgan fingerprint density at radius 3 is 2.50 bits per heavy atom. The number of ether oxygens (including phenoxy) is 1. The highest BCUT2D eigenvalue weighted by molar-refractivity contribution is 7.99. The third kappa shape index (κ3) is 4.65. The average molecular weight is 451 g/mol. The fraction of sp³-hybridized carbons (Fsp3) is 0.227. The van der Waals surface area contributed by atoms with Gasteiger partial charge in [-0.05, 0) is 47.9 Å². The van der Waals surface area contributed by atoms with Crippen LogP contribution in [0.5, 0.6) is 5.75 Å². The fourth-order valence-electron chi connectivity index (χ4n) is 3.05. The Bertz CT molecular complexity index is 1300. The number of H-pyrrole nitrogens is 1. The van der Waals surface area contributed by atoms with Crippen LogP contribution in [-0.2, 0) is 4.79 Å². The third-order valence-electron chi connectivity index (χ3n) is 4.81. The number of nitrogens with one attached hydrogen (secondary N) is 2. The summed E-state index contributed by atoms with van der Waals surface area (Å²) in [5, 5.41) is 15.7.